The molecular weight excluding hydrogens is 302 g/mol. The van der Waals surface area contributed by atoms with Gasteiger partial charge >= 0.3 is 0 Å². The zero-order valence-electron chi connectivity index (χ0n) is 14.4. The van der Waals surface area contributed by atoms with Crippen LogP contribution in [0.15, 0.2) is 18.2 Å². The Balaban J connectivity index is 1.60. The van der Waals surface area contributed by atoms with E-state index in [0.29, 0.717) is 0 Å². The van der Waals surface area contributed by atoms with Crippen LogP contribution in [0.4, 0.5) is 0 Å². The average molecular weight is 327 g/mol. The number of carbonyl (C=O) groups excluding carboxylic acids is 1. The molecule has 24 heavy (non-hydrogen) atoms. The molecular formula is C19H25N3O2. The van der Waals surface area contributed by atoms with Crippen molar-refractivity contribution in [3.05, 3.63) is 29.5 Å². The molecule has 1 amide bonds. The van der Waals surface area contributed by atoms with E-state index in [4.69, 9.17) is 4.74 Å². The van der Waals surface area contributed by atoms with E-state index in [2.05, 4.69) is 10.3 Å². The number of H-pyrrole nitrogens is 1. The van der Waals surface area contributed by atoms with Crippen LogP contribution in [0.5, 0.6) is 5.75 Å². The van der Waals surface area contributed by atoms with Gasteiger partial charge in [0.2, 0.25) is 0 Å². The quantitative estimate of drug-likeness (QED) is 0.892. The van der Waals surface area contributed by atoms with Gasteiger partial charge in [-0.2, -0.15) is 0 Å². The van der Waals surface area contributed by atoms with Crippen molar-refractivity contribution in [2.24, 2.45) is 5.41 Å². The van der Waals surface area contributed by atoms with Crippen LogP contribution in [0.1, 0.15) is 35.3 Å². The van der Waals surface area contributed by atoms with E-state index >= 15 is 0 Å². The lowest BCUT2D eigenvalue weighted by Crippen LogP contribution is -2.42. The highest BCUT2D eigenvalue weighted by Gasteiger charge is 2.41. The second-order valence-corrected chi connectivity index (χ2v) is 7.29. The molecule has 1 spiro atoms. The first-order chi connectivity index (χ1) is 11.6. The minimum atomic E-state index is 0.130. The second kappa shape index (κ2) is 5.81. The first kappa shape index (κ1) is 15.5. The Bertz CT molecular complexity index is 774. The van der Waals surface area contributed by atoms with Crippen molar-refractivity contribution in [3.63, 3.8) is 0 Å². The van der Waals surface area contributed by atoms with Gasteiger partial charge in [-0.3, -0.25) is 4.79 Å². The Hall–Kier alpha value is -2.01. The topological polar surface area (TPSA) is 57.4 Å². The smallest absolute Gasteiger partial charge is 0.270 e. The molecule has 4 rings (SSSR count). The number of nitrogens with zero attached hydrogens (tertiary/aromatic N) is 1. The highest BCUT2D eigenvalue weighted by molar-refractivity contribution is 6.01. The minimum Gasteiger partial charge on any atom is -0.497 e. The van der Waals surface area contributed by atoms with Crippen molar-refractivity contribution in [2.75, 3.05) is 33.3 Å². The molecule has 0 bridgehead atoms. The number of aryl methyl sites for hydroxylation is 1. The molecule has 2 aromatic rings. The molecule has 5 nitrogen and oxygen atoms in total. The van der Waals surface area contributed by atoms with E-state index in [-0.39, 0.29) is 11.3 Å². The normalized spacial score (nSPS) is 24.0. The molecule has 1 aromatic carbocycles. The minimum absolute atomic E-state index is 0.130. The van der Waals surface area contributed by atoms with Crippen LogP contribution >= 0.6 is 0 Å². The van der Waals surface area contributed by atoms with Gasteiger partial charge in [0.25, 0.3) is 5.91 Å². The highest BCUT2D eigenvalue weighted by atomic mass is 16.5. The fourth-order valence-corrected chi connectivity index (χ4v) is 4.29. The summed E-state index contributed by atoms with van der Waals surface area (Å²) in [6, 6.07) is 5.90. The van der Waals surface area contributed by atoms with Crippen LogP contribution in [0.2, 0.25) is 0 Å². The van der Waals surface area contributed by atoms with E-state index in [1.165, 1.54) is 12.8 Å². The van der Waals surface area contributed by atoms with Crippen molar-refractivity contribution in [1.29, 1.82) is 0 Å². The third-order valence-corrected chi connectivity index (χ3v) is 5.77. The van der Waals surface area contributed by atoms with Gasteiger partial charge < -0.3 is 19.9 Å². The van der Waals surface area contributed by atoms with Crippen LogP contribution in [0.25, 0.3) is 10.9 Å². The lowest BCUT2D eigenvalue weighted by atomic mass is 9.80. The Morgan fingerprint density at radius 2 is 2.21 bits per heavy atom. The fraction of sp³-hybridized carbons (Fsp3) is 0.526. The number of carbonyl (C=O) groups is 1. The number of aromatic amines is 1. The molecule has 1 aromatic heterocycles. The van der Waals surface area contributed by atoms with Gasteiger partial charge in [-0.15, -0.1) is 0 Å². The van der Waals surface area contributed by atoms with E-state index < -0.39 is 0 Å². The number of methoxy groups -OCH3 is 1. The maximum absolute atomic E-state index is 13.1. The van der Waals surface area contributed by atoms with Gasteiger partial charge in [0.1, 0.15) is 11.4 Å². The molecule has 128 valence electrons. The number of benzene rings is 1. The maximum atomic E-state index is 13.1. The summed E-state index contributed by atoms with van der Waals surface area (Å²) in [6.07, 6.45) is 3.55. The van der Waals surface area contributed by atoms with Gasteiger partial charge in [-0.25, -0.2) is 0 Å². The summed E-state index contributed by atoms with van der Waals surface area (Å²) in [5.41, 5.74) is 3.01. The van der Waals surface area contributed by atoms with Crippen LogP contribution in [0.3, 0.4) is 0 Å². The molecule has 2 aliphatic rings. The molecule has 2 saturated heterocycles. The van der Waals surface area contributed by atoms with Gasteiger partial charge in [0, 0.05) is 36.0 Å². The number of hydrogen-bond acceptors (Lipinski definition) is 3. The molecule has 0 radical (unpaired) electrons. The molecule has 2 N–H and O–H groups in total. The zero-order valence-corrected chi connectivity index (χ0v) is 14.4. The van der Waals surface area contributed by atoms with Crippen LogP contribution < -0.4 is 10.1 Å². The summed E-state index contributed by atoms with van der Waals surface area (Å²) in [7, 11) is 1.66. The monoisotopic (exact) mass is 327 g/mol. The molecule has 2 aliphatic heterocycles. The summed E-state index contributed by atoms with van der Waals surface area (Å²) in [5.74, 6) is 0.946. The number of piperidine rings is 1. The third-order valence-electron chi connectivity index (χ3n) is 5.77. The number of nitrogens with one attached hydrogen (secondary N) is 2. The maximum Gasteiger partial charge on any atom is 0.270 e. The summed E-state index contributed by atoms with van der Waals surface area (Å²) in [6.45, 7) is 5.90. The van der Waals surface area contributed by atoms with Gasteiger partial charge in [-0.1, -0.05) is 0 Å². The number of fused-ring (bicyclic) bond motifs is 1. The molecule has 1 atom stereocenters. The molecule has 3 heterocycles. The number of ether oxygens (including phenoxy) is 1. The van der Waals surface area contributed by atoms with Crippen molar-refractivity contribution < 1.29 is 9.53 Å². The number of aromatic nitrogens is 1. The number of likely N-dealkylation sites (tertiary alicyclic amines) is 1. The molecule has 5 heteroatoms. The van der Waals surface area contributed by atoms with Crippen molar-refractivity contribution in [1.82, 2.24) is 15.2 Å². The Morgan fingerprint density at radius 3 is 2.96 bits per heavy atom. The summed E-state index contributed by atoms with van der Waals surface area (Å²) >= 11 is 0. The Morgan fingerprint density at radius 1 is 1.33 bits per heavy atom. The van der Waals surface area contributed by atoms with E-state index in [0.717, 1.165) is 60.5 Å². The van der Waals surface area contributed by atoms with E-state index in [1.807, 2.05) is 30.0 Å². The Kier molecular flexibility index (Phi) is 3.76. The largest absolute Gasteiger partial charge is 0.497 e. The second-order valence-electron chi connectivity index (χ2n) is 7.29. The predicted octanol–water partition coefficient (Wildman–Crippen LogP) is 2.70. The van der Waals surface area contributed by atoms with Crippen LogP contribution in [-0.2, 0) is 0 Å². The standard InChI is InChI=1S/C19H25N3O2/c1-13-15-10-14(24-2)4-5-16(15)21-17(13)18(23)22-9-7-19(12-22)6-3-8-20-11-19/h4-5,10,20-21H,3,6-9,11-12H2,1-2H3. The lowest BCUT2D eigenvalue weighted by molar-refractivity contribution is 0.0758. The van der Waals surface area contributed by atoms with Crippen molar-refractivity contribution >= 4 is 16.8 Å². The summed E-state index contributed by atoms with van der Waals surface area (Å²) < 4.78 is 5.31. The third kappa shape index (κ3) is 2.47. The molecule has 0 aliphatic carbocycles. The molecule has 1 unspecified atom stereocenters. The lowest BCUT2D eigenvalue weighted by Gasteiger charge is -2.33. The Labute approximate surface area is 142 Å². The predicted molar refractivity (Wildman–Crippen MR) is 94.6 cm³/mol. The zero-order chi connectivity index (χ0) is 16.7. The fourth-order valence-electron chi connectivity index (χ4n) is 4.29. The highest BCUT2D eigenvalue weighted by Crippen LogP contribution is 2.37. The van der Waals surface area contributed by atoms with E-state index in [1.54, 1.807) is 7.11 Å². The first-order valence-electron chi connectivity index (χ1n) is 8.78. The van der Waals surface area contributed by atoms with E-state index in [9.17, 15) is 4.79 Å². The van der Waals surface area contributed by atoms with Gasteiger partial charge in [-0.05, 0) is 56.5 Å². The number of amides is 1. The number of rotatable bonds is 2. The summed E-state index contributed by atoms with van der Waals surface area (Å²) in [4.78, 5) is 18.4. The van der Waals surface area contributed by atoms with Gasteiger partial charge in [0.05, 0.1) is 7.11 Å². The van der Waals surface area contributed by atoms with Gasteiger partial charge in [0.15, 0.2) is 0 Å². The van der Waals surface area contributed by atoms with Crippen molar-refractivity contribution in [2.45, 2.75) is 26.2 Å². The van der Waals surface area contributed by atoms with Crippen LogP contribution in [-0.4, -0.2) is 49.1 Å². The first-order valence-corrected chi connectivity index (χ1v) is 8.78. The summed E-state index contributed by atoms with van der Waals surface area (Å²) in [5, 5.41) is 4.56. The SMILES string of the molecule is COc1ccc2[nH]c(C(=O)N3CCC4(CCCNC4)C3)c(C)c2c1. The molecule has 2 fully saturated rings. The molecule has 0 saturated carbocycles. The van der Waals surface area contributed by atoms with Crippen LogP contribution in [0, 0.1) is 12.3 Å². The average Bonchev–Trinajstić information content (AvgIpc) is 3.17. The van der Waals surface area contributed by atoms with Crippen molar-refractivity contribution in [3.8, 4) is 5.75 Å². The number of hydrogen-bond donors (Lipinski definition) is 2.